The van der Waals surface area contributed by atoms with Crippen LogP contribution in [0.2, 0.25) is 0 Å². The summed E-state index contributed by atoms with van der Waals surface area (Å²) in [7, 11) is 0. The summed E-state index contributed by atoms with van der Waals surface area (Å²) in [5, 5.41) is 10.8. The van der Waals surface area contributed by atoms with Gasteiger partial charge in [-0.25, -0.2) is 4.39 Å². The molecule has 1 fully saturated rings. The highest BCUT2D eigenvalue weighted by atomic mass is 19.1. The maximum absolute atomic E-state index is 13.0. The molecule has 0 spiro atoms. The molecule has 2 N–H and O–H groups in total. The van der Waals surface area contributed by atoms with Crippen LogP contribution in [-0.4, -0.2) is 4.92 Å². The summed E-state index contributed by atoms with van der Waals surface area (Å²) in [6, 6.07) is 3.00. The summed E-state index contributed by atoms with van der Waals surface area (Å²) in [6.45, 7) is 0. The second-order valence-corrected chi connectivity index (χ2v) is 4.25. The highest BCUT2D eigenvalue weighted by molar-refractivity contribution is 5.42. The number of hydrogen-bond donors (Lipinski definition) is 1. The van der Waals surface area contributed by atoms with Gasteiger partial charge in [0.05, 0.1) is 4.92 Å². The minimum absolute atomic E-state index is 0.0884. The largest absolute Gasteiger partial charge is 0.324 e. The van der Waals surface area contributed by atoms with E-state index in [0.717, 1.165) is 18.9 Å². The third-order valence-electron chi connectivity index (χ3n) is 2.87. The first-order chi connectivity index (χ1) is 7.58. The van der Waals surface area contributed by atoms with Gasteiger partial charge in [0.1, 0.15) is 5.82 Å². The molecule has 5 heteroatoms. The minimum atomic E-state index is -0.512. The first-order valence-corrected chi connectivity index (χ1v) is 5.27. The Kier molecular flexibility index (Phi) is 2.87. The molecule has 0 saturated heterocycles. The van der Waals surface area contributed by atoms with E-state index in [9.17, 15) is 14.5 Å². The van der Waals surface area contributed by atoms with Crippen LogP contribution in [0.15, 0.2) is 18.2 Å². The smallest absolute Gasteiger partial charge is 0.274 e. The summed E-state index contributed by atoms with van der Waals surface area (Å²) < 4.78 is 13.0. The van der Waals surface area contributed by atoms with Crippen molar-refractivity contribution in [3.63, 3.8) is 0 Å². The molecule has 1 aliphatic rings. The first kappa shape index (κ1) is 11.0. The Bertz CT molecular complexity index is 418. The number of nitrogens with two attached hydrogens (primary N) is 1. The van der Waals surface area contributed by atoms with E-state index >= 15 is 0 Å². The Morgan fingerprint density at radius 2 is 2.25 bits per heavy atom. The number of hydrogen-bond acceptors (Lipinski definition) is 3. The van der Waals surface area contributed by atoms with E-state index in [1.807, 2.05) is 0 Å². The standard InChI is InChI=1S/C11H13FN2O2/c12-8-3-4-11(14(15)16)9(6-8)10(13)5-7-1-2-7/h3-4,6-7,10H,1-2,5,13H2/t10-/m0/s1. The Morgan fingerprint density at radius 3 is 2.81 bits per heavy atom. The summed E-state index contributed by atoms with van der Waals surface area (Å²) in [6.07, 6.45) is 2.94. The zero-order valence-electron chi connectivity index (χ0n) is 8.73. The average Bonchev–Trinajstić information content (AvgIpc) is 3.01. The highest BCUT2D eigenvalue weighted by Crippen LogP contribution is 2.38. The van der Waals surface area contributed by atoms with Gasteiger partial charge in [-0.05, 0) is 24.5 Å². The van der Waals surface area contributed by atoms with Crippen molar-refractivity contribution in [1.29, 1.82) is 0 Å². The van der Waals surface area contributed by atoms with Crippen LogP contribution in [0.4, 0.5) is 10.1 Å². The molecule has 0 aromatic heterocycles. The number of benzene rings is 1. The zero-order valence-corrected chi connectivity index (χ0v) is 8.73. The van der Waals surface area contributed by atoms with E-state index in [1.54, 1.807) is 0 Å². The predicted molar refractivity (Wildman–Crippen MR) is 57.3 cm³/mol. The molecule has 1 aromatic carbocycles. The van der Waals surface area contributed by atoms with Gasteiger partial charge in [-0.15, -0.1) is 0 Å². The molecule has 1 saturated carbocycles. The molecular formula is C11H13FN2O2. The van der Waals surface area contributed by atoms with E-state index in [1.165, 1.54) is 12.1 Å². The molecule has 0 aliphatic heterocycles. The molecule has 0 unspecified atom stereocenters. The molecule has 0 heterocycles. The van der Waals surface area contributed by atoms with E-state index in [-0.39, 0.29) is 5.69 Å². The maximum atomic E-state index is 13.0. The van der Waals surface area contributed by atoms with Gasteiger partial charge < -0.3 is 5.73 Å². The van der Waals surface area contributed by atoms with Gasteiger partial charge in [-0.3, -0.25) is 10.1 Å². The van der Waals surface area contributed by atoms with E-state index < -0.39 is 16.8 Å². The van der Waals surface area contributed by atoms with Crippen LogP contribution in [0.5, 0.6) is 0 Å². The van der Waals surface area contributed by atoms with E-state index in [0.29, 0.717) is 17.9 Å². The lowest BCUT2D eigenvalue weighted by Crippen LogP contribution is -2.13. The summed E-state index contributed by atoms with van der Waals surface area (Å²) in [5.74, 6) is 0.0738. The third-order valence-corrected chi connectivity index (χ3v) is 2.87. The topological polar surface area (TPSA) is 69.2 Å². The van der Waals surface area contributed by atoms with Crippen LogP contribution in [-0.2, 0) is 0 Å². The van der Waals surface area contributed by atoms with Gasteiger partial charge in [0.15, 0.2) is 0 Å². The van der Waals surface area contributed by atoms with Crippen molar-refractivity contribution < 1.29 is 9.31 Å². The molecule has 0 amide bonds. The van der Waals surface area contributed by atoms with Crippen LogP contribution >= 0.6 is 0 Å². The first-order valence-electron chi connectivity index (χ1n) is 5.27. The zero-order chi connectivity index (χ0) is 11.7. The molecule has 1 aliphatic carbocycles. The fraction of sp³-hybridized carbons (Fsp3) is 0.455. The van der Waals surface area contributed by atoms with Crippen molar-refractivity contribution in [3.05, 3.63) is 39.7 Å². The lowest BCUT2D eigenvalue weighted by Gasteiger charge is -2.11. The van der Waals surface area contributed by atoms with Crippen LogP contribution in [0.25, 0.3) is 0 Å². The molecule has 86 valence electrons. The predicted octanol–water partition coefficient (Wildman–Crippen LogP) is 2.53. The Hall–Kier alpha value is -1.49. The van der Waals surface area contributed by atoms with Gasteiger partial charge in [-0.2, -0.15) is 0 Å². The Balaban J connectivity index is 2.27. The lowest BCUT2D eigenvalue weighted by molar-refractivity contribution is -0.385. The van der Waals surface area contributed by atoms with Gasteiger partial charge >= 0.3 is 0 Å². The SMILES string of the molecule is N[C@@H](CC1CC1)c1cc(F)ccc1[N+](=O)[O-]. The van der Waals surface area contributed by atoms with Crippen LogP contribution in [0, 0.1) is 21.8 Å². The van der Waals surface area contributed by atoms with Gasteiger partial charge in [0.25, 0.3) is 5.69 Å². The van der Waals surface area contributed by atoms with Crippen molar-refractivity contribution >= 4 is 5.69 Å². The van der Waals surface area contributed by atoms with Crippen molar-refractivity contribution in [2.75, 3.05) is 0 Å². The van der Waals surface area contributed by atoms with E-state index in [4.69, 9.17) is 5.73 Å². The van der Waals surface area contributed by atoms with Crippen molar-refractivity contribution in [1.82, 2.24) is 0 Å². The number of nitro benzene ring substituents is 1. The molecule has 2 rings (SSSR count). The Morgan fingerprint density at radius 1 is 1.56 bits per heavy atom. The van der Waals surface area contributed by atoms with Crippen molar-refractivity contribution in [2.24, 2.45) is 11.7 Å². The molecule has 0 radical (unpaired) electrons. The maximum Gasteiger partial charge on any atom is 0.274 e. The van der Waals surface area contributed by atoms with E-state index in [2.05, 4.69) is 0 Å². The van der Waals surface area contributed by atoms with Gasteiger partial charge in [0.2, 0.25) is 0 Å². The monoisotopic (exact) mass is 224 g/mol. The number of nitro groups is 1. The van der Waals surface area contributed by atoms with Crippen molar-refractivity contribution in [3.8, 4) is 0 Å². The fourth-order valence-electron chi connectivity index (χ4n) is 1.83. The van der Waals surface area contributed by atoms with Crippen molar-refractivity contribution in [2.45, 2.75) is 25.3 Å². The molecular weight excluding hydrogens is 211 g/mol. The summed E-state index contributed by atoms with van der Waals surface area (Å²) in [4.78, 5) is 10.3. The molecule has 1 aromatic rings. The van der Waals surface area contributed by atoms with Crippen LogP contribution in [0.3, 0.4) is 0 Å². The average molecular weight is 224 g/mol. The van der Waals surface area contributed by atoms with Gasteiger partial charge in [-0.1, -0.05) is 12.8 Å². The number of rotatable bonds is 4. The lowest BCUT2D eigenvalue weighted by atomic mass is 10.0. The number of halogens is 1. The molecule has 4 nitrogen and oxygen atoms in total. The van der Waals surface area contributed by atoms with Crippen LogP contribution in [0.1, 0.15) is 30.9 Å². The fourth-order valence-corrected chi connectivity index (χ4v) is 1.83. The Labute approximate surface area is 92.4 Å². The molecule has 1 atom stereocenters. The second-order valence-electron chi connectivity index (χ2n) is 4.25. The minimum Gasteiger partial charge on any atom is -0.324 e. The second kappa shape index (κ2) is 4.17. The molecule has 0 bridgehead atoms. The highest BCUT2D eigenvalue weighted by Gasteiger charge is 2.28. The van der Waals surface area contributed by atoms with Gasteiger partial charge in [0, 0.05) is 17.7 Å². The third kappa shape index (κ3) is 2.36. The summed E-state index contributed by atoms with van der Waals surface area (Å²) in [5.41, 5.74) is 6.09. The number of nitrogens with zero attached hydrogens (tertiary/aromatic N) is 1. The quantitative estimate of drug-likeness (QED) is 0.631. The summed E-state index contributed by atoms with van der Waals surface area (Å²) >= 11 is 0. The normalized spacial score (nSPS) is 17.1. The molecule has 16 heavy (non-hydrogen) atoms. The van der Waals surface area contributed by atoms with Crippen LogP contribution < -0.4 is 5.73 Å².